The molecule has 0 aliphatic rings. The minimum atomic E-state index is 0.0586. The van der Waals surface area contributed by atoms with E-state index < -0.39 is 0 Å². The van der Waals surface area contributed by atoms with E-state index in [1.54, 1.807) is 23.9 Å². The predicted octanol–water partition coefficient (Wildman–Crippen LogP) is 3.58. The molecule has 1 aromatic carbocycles. The van der Waals surface area contributed by atoms with Crippen molar-refractivity contribution >= 4 is 29.3 Å². The zero-order valence-electron chi connectivity index (χ0n) is 13.2. The van der Waals surface area contributed by atoms with E-state index >= 15 is 0 Å². The second-order valence-corrected chi connectivity index (χ2v) is 6.94. The fraction of sp³-hybridized carbons (Fsp3) is 0.438. The second-order valence-electron chi connectivity index (χ2n) is 5.22. The molecular formula is C16H20ClN3O2S. The largest absolute Gasteiger partial charge is 0.355 e. The number of halogens is 1. The van der Waals surface area contributed by atoms with Gasteiger partial charge >= 0.3 is 0 Å². The van der Waals surface area contributed by atoms with Gasteiger partial charge in [0.15, 0.2) is 0 Å². The molecular weight excluding hydrogens is 334 g/mol. The monoisotopic (exact) mass is 353 g/mol. The number of nitrogens with zero attached hydrogens (tertiary/aromatic N) is 2. The maximum atomic E-state index is 11.7. The zero-order chi connectivity index (χ0) is 16.7. The molecule has 0 aliphatic carbocycles. The van der Waals surface area contributed by atoms with Crippen LogP contribution < -0.4 is 5.32 Å². The van der Waals surface area contributed by atoms with Gasteiger partial charge in [-0.25, -0.2) is 0 Å². The first kappa shape index (κ1) is 17.8. The Morgan fingerprint density at radius 1 is 1.39 bits per heavy atom. The summed E-state index contributed by atoms with van der Waals surface area (Å²) in [6, 6.07) is 7.26. The third-order valence-corrected chi connectivity index (χ3v) is 4.58. The highest BCUT2D eigenvalue weighted by molar-refractivity contribution is 7.99. The van der Waals surface area contributed by atoms with Crippen LogP contribution in [0.2, 0.25) is 5.02 Å². The summed E-state index contributed by atoms with van der Waals surface area (Å²) in [6.07, 6.45) is 3.76. The van der Waals surface area contributed by atoms with Gasteiger partial charge in [-0.05, 0) is 36.9 Å². The highest BCUT2D eigenvalue weighted by atomic mass is 35.5. The van der Waals surface area contributed by atoms with Gasteiger partial charge in [0.25, 0.3) is 0 Å². The minimum Gasteiger partial charge on any atom is -0.355 e. The maximum absolute atomic E-state index is 11.7. The van der Waals surface area contributed by atoms with Crippen molar-refractivity contribution in [3.63, 3.8) is 0 Å². The first-order valence-electron chi connectivity index (χ1n) is 7.46. The average molecular weight is 354 g/mol. The van der Waals surface area contributed by atoms with E-state index in [0.717, 1.165) is 5.56 Å². The van der Waals surface area contributed by atoms with Gasteiger partial charge in [0.05, 0.1) is 0 Å². The van der Waals surface area contributed by atoms with Crippen LogP contribution in [0.25, 0.3) is 11.4 Å². The SMILES string of the molecule is CS[C@H](C)CNC(=O)CCCc1nc(-c2ccc(Cl)cc2)no1. The lowest BCUT2D eigenvalue weighted by molar-refractivity contribution is -0.121. The Hall–Kier alpha value is -1.53. The summed E-state index contributed by atoms with van der Waals surface area (Å²) in [5.74, 6) is 1.14. The summed E-state index contributed by atoms with van der Waals surface area (Å²) >= 11 is 7.59. The lowest BCUT2D eigenvalue weighted by atomic mass is 10.2. The molecule has 7 heteroatoms. The fourth-order valence-electron chi connectivity index (χ4n) is 1.90. The summed E-state index contributed by atoms with van der Waals surface area (Å²) in [5, 5.41) is 7.96. The van der Waals surface area contributed by atoms with E-state index in [1.165, 1.54) is 0 Å². The number of hydrogen-bond acceptors (Lipinski definition) is 5. The van der Waals surface area contributed by atoms with E-state index in [-0.39, 0.29) is 5.91 Å². The Bertz CT molecular complexity index is 631. The van der Waals surface area contributed by atoms with Crippen LogP contribution in [0.3, 0.4) is 0 Å². The Labute approximate surface area is 145 Å². The van der Waals surface area contributed by atoms with Gasteiger partial charge in [0.2, 0.25) is 17.6 Å². The van der Waals surface area contributed by atoms with Gasteiger partial charge in [-0.1, -0.05) is 23.7 Å². The molecule has 124 valence electrons. The molecule has 1 heterocycles. The molecule has 1 N–H and O–H groups in total. The quantitative estimate of drug-likeness (QED) is 0.785. The minimum absolute atomic E-state index is 0.0586. The Balaban J connectivity index is 1.77. The van der Waals surface area contributed by atoms with Crippen LogP contribution in [-0.4, -0.2) is 34.1 Å². The van der Waals surface area contributed by atoms with Crippen molar-refractivity contribution in [2.45, 2.75) is 31.4 Å². The van der Waals surface area contributed by atoms with Crippen LogP contribution in [-0.2, 0) is 11.2 Å². The van der Waals surface area contributed by atoms with Crippen molar-refractivity contribution in [1.82, 2.24) is 15.5 Å². The second kappa shape index (κ2) is 8.93. The molecule has 23 heavy (non-hydrogen) atoms. The fourth-order valence-corrected chi connectivity index (χ4v) is 2.28. The number of rotatable bonds is 8. The molecule has 0 saturated heterocycles. The number of hydrogen-bond donors (Lipinski definition) is 1. The lowest BCUT2D eigenvalue weighted by Crippen LogP contribution is -2.29. The Morgan fingerprint density at radius 3 is 2.83 bits per heavy atom. The number of carbonyl (C=O) groups excluding carboxylic acids is 1. The molecule has 0 fully saturated rings. The molecule has 0 unspecified atom stereocenters. The van der Waals surface area contributed by atoms with Crippen LogP contribution in [0, 0.1) is 0 Å². The van der Waals surface area contributed by atoms with Crippen molar-refractivity contribution in [2.75, 3.05) is 12.8 Å². The molecule has 2 rings (SSSR count). The van der Waals surface area contributed by atoms with Gasteiger partial charge < -0.3 is 9.84 Å². The predicted molar refractivity (Wildman–Crippen MR) is 93.7 cm³/mol. The molecule has 1 atom stereocenters. The zero-order valence-corrected chi connectivity index (χ0v) is 14.8. The normalized spacial score (nSPS) is 12.1. The molecule has 0 radical (unpaired) electrons. The van der Waals surface area contributed by atoms with Gasteiger partial charge in [-0.2, -0.15) is 16.7 Å². The molecule has 0 aliphatic heterocycles. The number of amides is 1. The van der Waals surface area contributed by atoms with E-state index in [2.05, 4.69) is 22.4 Å². The van der Waals surface area contributed by atoms with Crippen molar-refractivity contribution in [2.24, 2.45) is 0 Å². The van der Waals surface area contributed by atoms with Crippen LogP contribution in [0.4, 0.5) is 0 Å². The van der Waals surface area contributed by atoms with Gasteiger partial charge in [0.1, 0.15) is 0 Å². The number of thioether (sulfide) groups is 1. The topological polar surface area (TPSA) is 68.0 Å². The lowest BCUT2D eigenvalue weighted by Gasteiger charge is -2.09. The van der Waals surface area contributed by atoms with Crippen molar-refractivity contribution in [1.29, 1.82) is 0 Å². The van der Waals surface area contributed by atoms with Crippen LogP contribution in [0.5, 0.6) is 0 Å². The summed E-state index contributed by atoms with van der Waals surface area (Å²) in [4.78, 5) is 16.1. The Kier molecular flexibility index (Phi) is 6.92. The molecule has 1 amide bonds. The maximum Gasteiger partial charge on any atom is 0.226 e. The third-order valence-electron chi connectivity index (χ3n) is 3.35. The van der Waals surface area contributed by atoms with Crippen LogP contribution >= 0.6 is 23.4 Å². The number of aryl methyl sites for hydroxylation is 1. The van der Waals surface area contributed by atoms with E-state index in [9.17, 15) is 4.79 Å². The molecule has 2 aromatic rings. The van der Waals surface area contributed by atoms with Gasteiger partial charge in [-0.15, -0.1) is 0 Å². The molecule has 1 aromatic heterocycles. The van der Waals surface area contributed by atoms with Gasteiger partial charge in [-0.3, -0.25) is 4.79 Å². The number of carbonyl (C=O) groups is 1. The van der Waals surface area contributed by atoms with Crippen LogP contribution in [0.1, 0.15) is 25.7 Å². The standard InChI is InChI=1S/C16H20ClN3O2S/c1-11(23-2)10-18-14(21)4-3-5-15-19-16(20-22-15)12-6-8-13(17)9-7-12/h6-9,11H,3-5,10H2,1-2H3,(H,18,21)/t11-/m1/s1. The molecule has 5 nitrogen and oxygen atoms in total. The summed E-state index contributed by atoms with van der Waals surface area (Å²) in [5.41, 5.74) is 0.855. The number of benzene rings is 1. The summed E-state index contributed by atoms with van der Waals surface area (Å²) in [7, 11) is 0. The van der Waals surface area contributed by atoms with E-state index in [1.807, 2.05) is 18.4 Å². The number of nitrogens with one attached hydrogen (secondary N) is 1. The van der Waals surface area contributed by atoms with Crippen molar-refractivity contribution in [3.05, 3.63) is 35.2 Å². The van der Waals surface area contributed by atoms with Crippen LogP contribution in [0.15, 0.2) is 28.8 Å². The van der Waals surface area contributed by atoms with E-state index in [4.69, 9.17) is 16.1 Å². The van der Waals surface area contributed by atoms with Crippen molar-refractivity contribution in [3.8, 4) is 11.4 Å². The highest BCUT2D eigenvalue weighted by Gasteiger charge is 2.10. The molecule has 0 saturated carbocycles. The highest BCUT2D eigenvalue weighted by Crippen LogP contribution is 2.19. The summed E-state index contributed by atoms with van der Waals surface area (Å²) in [6.45, 7) is 2.78. The third kappa shape index (κ3) is 5.88. The molecule has 0 spiro atoms. The average Bonchev–Trinajstić information content (AvgIpc) is 3.02. The Morgan fingerprint density at radius 2 is 2.13 bits per heavy atom. The van der Waals surface area contributed by atoms with E-state index in [0.29, 0.717) is 47.8 Å². The first-order valence-corrected chi connectivity index (χ1v) is 9.13. The first-order chi connectivity index (χ1) is 11.1. The molecule has 0 bridgehead atoms. The van der Waals surface area contributed by atoms with Gasteiger partial charge in [0, 0.05) is 35.2 Å². The summed E-state index contributed by atoms with van der Waals surface area (Å²) < 4.78 is 5.22. The number of aromatic nitrogens is 2. The van der Waals surface area contributed by atoms with Crippen molar-refractivity contribution < 1.29 is 9.32 Å². The smallest absolute Gasteiger partial charge is 0.226 e.